The van der Waals surface area contributed by atoms with Gasteiger partial charge in [-0.3, -0.25) is 0 Å². The van der Waals surface area contributed by atoms with Crippen LogP contribution < -0.4 is 10.1 Å². The van der Waals surface area contributed by atoms with Gasteiger partial charge in [-0.25, -0.2) is 4.68 Å². The Morgan fingerprint density at radius 1 is 1.41 bits per heavy atom. The summed E-state index contributed by atoms with van der Waals surface area (Å²) in [5, 5.41) is 15.6. The highest BCUT2D eigenvalue weighted by atomic mass is 79.9. The number of hydrogen-bond donors (Lipinski definition) is 1. The summed E-state index contributed by atoms with van der Waals surface area (Å²) in [6.45, 7) is 4.55. The highest BCUT2D eigenvalue weighted by molar-refractivity contribution is 9.10. The lowest BCUT2D eigenvalue weighted by molar-refractivity contribution is 0.315. The van der Waals surface area contributed by atoms with Crippen LogP contribution in [0.4, 0.5) is 0 Å². The molecule has 0 aliphatic heterocycles. The molecular formula is C14H20BrN5OS. The highest BCUT2D eigenvalue weighted by Gasteiger charge is 2.04. The SMILES string of the molecule is CCCOc1ccc(CNCCSc2nnnn2C)cc1Br. The summed E-state index contributed by atoms with van der Waals surface area (Å²) in [4.78, 5) is 0. The molecule has 0 aliphatic rings. The third kappa shape index (κ3) is 5.26. The molecule has 22 heavy (non-hydrogen) atoms. The van der Waals surface area contributed by atoms with Crippen molar-refractivity contribution in [3.8, 4) is 5.75 Å². The van der Waals surface area contributed by atoms with Crippen LogP contribution in [0.3, 0.4) is 0 Å². The van der Waals surface area contributed by atoms with Gasteiger partial charge in [-0.15, -0.1) is 5.10 Å². The molecule has 1 aromatic carbocycles. The van der Waals surface area contributed by atoms with Crippen LogP contribution in [0.15, 0.2) is 27.8 Å². The average Bonchev–Trinajstić information content (AvgIpc) is 2.91. The molecule has 0 radical (unpaired) electrons. The van der Waals surface area contributed by atoms with E-state index in [9.17, 15) is 0 Å². The molecule has 1 heterocycles. The normalized spacial score (nSPS) is 10.9. The quantitative estimate of drug-likeness (QED) is 0.528. The second kappa shape index (κ2) is 9.12. The predicted octanol–water partition coefficient (Wildman–Crippen LogP) is 2.64. The Bertz CT molecular complexity index is 592. The number of tetrazole rings is 1. The Morgan fingerprint density at radius 2 is 2.27 bits per heavy atom. The second-order valence-corrected chi connectivity index (χ2v) is 6.64. The molecule has 0 spiro atoms. The number of aryl methyl sites for hydroxylation is 1. The molecule has 0 aliphatic carbocycles. The lowest BCUT2D eigenvalue weighted by Gasteiger charge is -2.09. The van der Waals surface area contributed by atoms with Gasteiger partial charge in [-0.05, 0) is 50.5 Å². The largest absolute Gasteiger partial charge is 0.492 e. The second-order valence-electron chi connectivity index (χ2n) is 4.72. The number of thioether (sulfide) groups is 1. The molecular weight excluding hydrogens is 366 g/mol. The summed E-state index contributed by atoms with van der Waals surface area (Å²) in [5.74, 6) is 1.82. The van der Waals surface area contributed by atoms with Crippen molar-refractivity contribution in [2.75, 3.05) is 18.9 Å². The predicted molar refractivity (Wildman–Crippen MR) is 91.2 cm³/mol. The Kier molecular flexibility index (Phi) is 7.14. The van der Waals surface area contributed by atoms with Crippen LogP contribution in [-0.4, -0.2) is 39.1 Å². The van der Waals surface area contributed by atoms with E-state index in [1.54, 1.807) is 16.4 Å². The number of aromatic nitrogens is 4. The molecule has 1 aromatic heterocycles. The van der Waals surface area contributed by atoms with Gasteiger partial charge >= 0.3 is 0 Å². The number of hydrogen-bond acceptors (Lipinski definition) is 6. The van der Waals surface area contributed by atoms with Gasteiger partial charge in [0, 0.05) is 25.9 Å². The molecule has 1 N–H and O–H groups in total. The van der Waals surface area contributed by atoms with E-state index in [4.69, 9.17) is 4.74 Å². The number of rotatable bonds is 9. The van der Waals surface area contributed by atoms with Gasteiger partial charge < -0.3 is 10.1 Å². The van der Waals surface area contributed by atoms with Crippen molar-refractivity contribution in [3.63, 3.8) is 0 Å². The van der Waals surface area contributed by atoms with Gasteiger partial charge in [0.15, 0.2) is 0 Å². The molecule has 0 bridgehead atoms. The fourth-order valence-corrected chi connectivity index (χ4v) is 3.06. The minimum absolute atomic E-state index is 0.740. The fraction of sp³-hybridized carbons (Fsp3) is 0.500. The van der Waals surface area contributed by atoms with E-state index >= 15 is 0 Å². The Morgan fingerprint density at radius 3 is 2.95 bits per heavy atom. The Labute approximate surface area is 143 Å². The van der Waals surface area contributed by atoms with E-state index in [1.807, 2.05) is 13.1 Å². The van der Waals surface area contributed by atoms with Crippen molar-refractivity contribution >= 4 is 27.7 Å². The van der Waals surface area contributed by atoms with Crippen molar-refractivity contribution < 1.29 is 4.74 Å². The summed E-state index contributed by atoms with van der Waals surface area (Å²) in [6.07, 6.45) is 1.01. The molecule has 2 rings (SSSR count). The third-order valence-electron chi connectivity index (χ3n) is 2.88. The van der Waals surface area contributed by atoms with Crippen LogP contribution in [0.1, 0.15) is 18.9 Å². The first-order valence-corrected chi connectivity index (χ1v) is 8.95. The molecule has 0 atom stereocenters. The first-order valence-electron chi connectivity index (χ1n) is 7.17. The zero-order valence-electron chi connectivity index (χ0n) is 12.8. The van der Waals surface area contributed by atoms with Crippen LogP contribution in [0, 0.1) is 0 Å². The lowest BCUT2D eigenvalue weighted by Crippen LogP contribution is -2.16. The number of halogens is 1. The molecule has 0 unspecified atom stereocenters. The summed E-state index contributed by atoms with van der Waals surface area (Å²) < 4.78 is 8.32. The maximum absolute atomic E-state index is 5.64. The van der Waals surface area contributed by atoms with Crippen molar-refractivity contribution in [3.05, 3.63) is 28.2 Å². The van der Waals surface area contributed by atoms with Crippen LogP contribution in [0.25, 0.3) is 0 Å². The molecule has 0 amide bonds. The summed E-state index contributed by atoms with van der Waals surface area (Å²) in [6, 6.07) is 6.19. The van der Waals surface area contributed by atoms with Crippen LogP contribution in [0.2, 0.25) is 0 Å². The topological polar surface area (TPSA) is 64.9 Å². The van der Waals surface area contributed by atoms with Crippen molar-refractivity contribution in [1.29, 1.82) is 0 Å². The number of benzene rings is 1. The molecule has 2 aromatic rings. The molecule has 8 heteroatoms. The fourth-order valence-electron chi connectivity index (χ4n) is 1.77. The van der Waals surface area contributed by atoms with Crippen LogP contribution in [-0.2, 0) is 13.6 Å². The maximum Gasteiger partial charge on any atom is 0.209 e. The lowest BCUT2D eigenvalue weighted by atomic mass is 10.2. The van der Waals surface area contributed by atoms with E-state index in [1.165, 1.54) is 5.56 Å². The highest BCUT2D eigenvalue weighted by Crippen LogP contribution is 2.26. The van der Waals surface area contributed by atoms with E-state index in [-0.39, 0.29) is 0 Å². The zero-order chi connectivity index (χ0) is 15.8. The van der Waals surface area contributed by atoms with Crippen LogP contribution >= 0.6 is 27.7 Å². The van der Waals surface area contributed by atoms with Gasteiger partial charge in [0.25, 0.3) is 0 Å². The first-order chi connectivity index (χ1) is 10.7. The monoisotopic (exact) mass is 385 g/mol. The first kappa shape index (κ1) is 17.2. The van der Waals surface area contributed by atoms with E-state index in [2.05, 4.69) is 55.8 Å². The smallest absolute Gasteiger partial charge is 0.209 e. The van der Waals surface area contributed by atoms with Gasteiger partial charge in [0.05, 0.1) is 11.1 Å². The third-order valence-corrected chi connectivity index (χ3v) is 4.51. The van der Waals surface area contributed by atoms with Gasteiger partial charge in [-0.2, -0.15) is 0 Å². The van der Waals surface area contributed by atoms with Gasteiger partial charge in [-0.1, -0.05) is 24.8 Å². The maximum atomic E-state index is 5.64. The minimum Gasteiger partial charge on any atom is -0.492 e. The number of ether oxygens (including phenoxy) is 1. The summed E-state index contributed by atoms with van der Waals surface area (Å²) in [5.41, 5.74) is 1.22. The van der Waals surface area contributed by atoms with Crippen molar-refractivity contribution in [2.45, 2.75) is 25.0 Å². The molecule has 0 saturated carbocycles. The minimum atomic E-state index is 0.740. The summed E-state index contributed by atoms with van der Waals surface area (Å²) in [7, 11) is 1.84. The van der Waals surface area contributed by atoms with Gasteiger partial charge in [0.1, 0.15) is 5.75 Å². The molecule has 120 valence electrons. The van der Waals surface area contributed by atoms with E-state index < -0.39 is 0 Å². The zero-order valence-corrected chi connectivity index (χ0v) is 15.2. The molecule has 0 saturated heterocycles. The average molecular weight is 386 g/mol. The van der Waals surface area contributed by atoms with Crippen molar-refractivity contribution in [2.24, 2.45) is 7.05 Å². The van der Waals surface area contributed by atoms with Crippen LogP contribution in [0.5, 0.6) is 5.75 Å². The van der Waals surface area contributed by atoms with E-state index in [0.29, 0.717) is 0 Å². The number of nitrogens with one attached hydrogen (secondary N) is 1. The van der Waals surface area contributed by atoms with Crippen molar-refractivity contribution in [1.82, 2.24) is 25.5 Å². The Balaban J connectivity index is 1.70. The Hall–Kier alpha value is -1.12. The molecule has 6 nitrogen and oxygen atoms in total. The molecule has 0 fully saturated rings. The standard InChI is InChI=1S/C14H20BrN5OS/c1-3-7-21-13-5-4-11(9-12(13)15)10-16-6-8-22-14-17-18-19-20(14)2/h4-5,9,16H,3,6-8,10H2,1-2H3. The van der Waals surface area contributed by atoms with Gasteiger partial charge in [0.2, 0.25) is 5.16 Å². The summed E-state index contributed by atoms with van der Waals surface area (Å²) >= 11 is 5.19. The van der Waals surface area contributed by atoms with E-state index in [0.717, 1.165) is 47.2 Å². The number of nitrogens with zero attached hydrogens (tertiary/aromatic N) is 4.